The molecule has 1 unspecified atom stereocenters. The number of aryl methyl sites for hydroxylation is 1. The zero-order valence-corrected chi connectivity index (χ0v) is 15.8. The zero-order chi connectivity index (χ0) is 20.1. The van der Waals surface area contributed by atoms with Crippen LogP contribution < -0.4 is 4.74 Å². The molecule has 0 saturated carbocycles. The molecule has 0 fully saturated rings. The van der Waals surface area contributed by atoms with Crippen molar-refractivity contribution in [2.45, 2.75) is 32.8 Å². The molecule has 0 saturated heterocycles. The van der Waals surface area contributed by atoms with Gasteiger partial charge in [0.15, 0.2) is 11.9 Å². The normalized spacial score (nSPS) is 11.8. The number of ether oxygens (including phenoxy) is 1. The van der Waals surface area contributed by atoms with Crippen molar-refractivity contribution in [1.29, 1.82) is 0 Å². The Bertz CT molecular complexity index is 963. The Kier molecular flexibility index (Phi) is 5.89. The van der Waals surface area contributed by atoms with Crippen LogP contribution in [0.5, 0.6) is 5.75 Å². The SMILES string of the molecule is CCCC(Oc1ccc(C(=O)c2ccc(-n3ccnc3)cc2)cc1C)C(=O)O. The lowest BCUT2D eigenvalue weighted by Gasteiger charge is -2.16. The fourth-order valence-electron chi connectivity index (χ4n) is 2.93. The van der Waals surface area contributed by atoms with Crippen LogP contribution in [0.4, 0.5) is 0 Å². The molecule has 6 heteroatoms. The fourth-order valence-corrected chi connectivity index (χ4v) is 2.93. The number of rotatable bonds is 8. The summed E-state index contributed by atoms with van der Waals surface area (Å²) < 4.78 is 7.49. The number of hydrogen-bond acceptors (Lipinski definition) is 4. The molecule has 6 nitrogen and oxygen atoms in total. The molecule has 0 aliphatic heterocycles. The number of nitrogens with zero attached hydrogens (tertiary/aromatic N) is 2. The third-order valence-corrected chi connectivity index (χ3v) is 4.46. The first kappa shape index (κ1) is 19.4. The number of benzene rings is 2. The molecule has 3 rings (SSSR count). The molecular weight excluding hydrogens is 356 g/mol. The van der Waals surface area contributed by atoms with E-state index in [9.17, 15) is 14.7 Å². The van der Waals surface area contributed by atoms with Crippen LogP contribution in [0.15, 0.2) is 61.2 Å². The number of aromatic nitrogens is 2. The van der Waals surface area contributed by atoms with Crippen LogP contribution in [-0.4, -0.2) is 32.5 Å². The lowest BCUT2D eigenvalue weighted by Crippen LogP contribution is -2.27. The third-order valence-electron chi connectivity index (χ3n) is 4.46. The first-order valence-corrected chi connectivity index (χ1v) is 9.12. The van der Waals surface area contributed by atoms with Gasteiger partial charge < -0.3 is 14.4 Å². The van der Waals surface area contributed by atoms with Gasteiger partial charge in [0.25, 0.3) is 0 Å². The van der Waals surface area contributed by atoms with Gasteiger partial charge in [0.2, 0.25) is 0 Å². The predicted octanol–water partition coefficient (Wildman–Crippen LogP) is 4.04. The largest absolute Gasteiger partial charge is 0.479 e. The molecule has 1 N–H and O–H groups in total. The summed E-state index contributed by atoms with van der Waals surface area (Å²) in [5.41, 5.74) is 2.75. The van der Waals surface area contributed by atoms with Crippen molar-refractivity contribution in [2.24, 2.45) is 0 Å². The van der Waals surface area contributed by atoms with Gasteiger partial charge in [0.05, 0.1) is 6.33 Å². The van der Waals surface area contributed by atoms with E-state index in [0.29, 0.717) is 29.7 Å². The quantitative estimate of drug-likeness (QED) is 0.598. The summed E-state index contributed by atoms with van der Waals surface area (Å²) in [7, 11) is 0. The van der Waals surface area contributed by atoms with Crippen LogP contribution in [0.25, 0.3) is 5.69 Å². The summed E-state index contributed by atoms with van der Waals surface area (Å²) in [6.07, 6.45) is 5.48. The Labute approximate surface area is 163 Å². The van der Waals surface area contributed by atoms with Gasteiger partial charge in [0, 0.05) is 29.2 Å². The van der Waals surface area contributed by atoms with Crippen LogP contribution in [0.2, 0.25) is 0 Å². The summed E-state index contributed by atoms with van der Waals surface area (Å²) in [4.78, 5) is 28.1. The second-order valence-corrected chi connectivity index (χ2v) is 6.56. The second-order valence-electron chi connectivity index (χ2n) is 6.56. The van der Waals surface area contributed by atoms with Gasteiger partial charge in [-0.3, -0.25) is 4.79 Å². The number of carbonyl (C=O) groups is 2. The average Bonchev–Trinajstić information content (AvgIpc) is 3.23. The standard InChI is InChI=1S/C22H22N2O4/c1-3-4-20(22(26)27)28-19-10-7-17(13-15(19)2)21(25)16-5-8-18(9-6-16)24-12-11-23-14-24/h5-14,20H,3-4H2,1-2H3,(H,26,27). The van der Waals surface area contributed by atoms with E-state index in [1.807, 2.05) is 29.8 Å². The highest BCUT2D eigenvalue weighted by atomic mass is 16.5. The minimum absolute atomic E-state index is 0.102. The van der Waals surface area contributed by atoms with Gasteiger partial charge in [-0.15, -0.1) is 0 Å². The maximum Gasteiger partial charge on any atom is 0.344 e. The summed E-state index contributed by atoms with van der Waals surface area (Å²) in [5.74, 6) is -0.609. The molecule has 1 heterocycles. The van der Waals surface area contributed by atoms with Crippen molar-refractivity contribution in [3.63, 3.8) is 0 Å². The Morgan fingerprint density at radius 1 is 1.14 bits per heavy atom. The molecule has 0 aliphatic carbocycles. The minimum atomic E-state index is -0.987. The van der Waals surface area contributed by atoms with Crippen molar-refractivity contribution in [3.05, 3.63) is 77.9 Å². The Balaban J connectivity index is 1.77. The molecular formula is C22H22N2O4. The molecule has 1 atom stereocenters. The topological polar surface area (TPSA) is 81.4 Å². The highest BCUT2D eigenvalue weighted by Gasteiger charge is 2.19. The molecule has 28 heavy (non-hydrogen) atoms. The van der Waals surface area contributed by atoms with Crippen molar-refractivity contribution in [2.75, 3.05) is 0 Å². The molecule has 2 aromatic carbocycles. The van der Waals surface area contributed by atoms with E-state index in [4.69, 9.17) is 4.74 Å². The maximum atomic E-state index is 12.8. The lowest BCUT2D eigenvalue weighted by molar-refractivity contribution is -0.145. The van der Waals surface area contributed by atoms with Gasteiger partial charge >= 0.3 is 5.97 Å². The van der Waals surface area contributed by atoms with Crippen LogP contribution in [0.1, 0.15) is 41.3 Å². The molecule has 3 aromatic rings. The van der Waals surface area contributed by atoms with Crippen molar-refractivity contribution in [3.8, 4) is 11.4 Å². The molecule has 0 aliphatic rings. The average molecular weight is 378 g/mol. The molecule has 0 bridgehead atoms. The molecule has 144 valence electrons. The van der Waals surface area contributed by atoms with Crippen LogP contribution >= 0.6 is 0 Å². The van der Waals surface area contributed by atoms with Gasteiger partial charge in [-0.25, -0.2) is 9.78 Å². The number of aliphatic carboxylic acids is 1. The minimum Gasteiger partial charge on any atom is -0.479 e. The Morgan fingerprint density at radius 2 is 1.86 bits per heavy atom. The monoisotopic (exact) mass is 378 g/mol. The molecule has 1 aromatic heterocycles. The van der Waals surface area contributed by atoms with Crippen LogP contribution in [-0.2, 0) is 4.79 Å². The lowest BCUT2D eigenvalue weighted by atomic mass is 10.0. The third kappa shape index (κ3) is 4.28. The summed E-state index contributed by atoms with van der Waals surface area (Å²) in [6, 6.07) is 12.3. The van der Waals surface area contributed by atoms with E-state index >= 15 is 0 Å². The van der Waals surface area contributed by atoms with E-state index in [1.54, 1.807) is 49.8 Å². The first-order chi connectivity index (χ1) is 13.5. The van der Waals surface area contributed by atoms with Gasteiger partial charge in [-0.1, -0.05) is 13.3 Å². The molecule has 0 amide bonds. The van der Waals surface area contributed by atoms with E-state index in [1.165, 1.54) is 0 Å². The number of carbonyl (C=O) groups excluding carboxylic acids is 1. The van der Waals surface area contributed by atoms with Gasteiger partial charge in [-0.05, 0) is 61.4 Å². The van der Waals surface area contributed by atoms with E-state index < -0.39 is 12.1 Å². The predicted molar refractivity (Wildman–Crippen MR) is 105 cm³/mol. The Morgan fingerprint density at radius 3 is 2.43 bits per heavy atom. The number of hydrogen-bond donors (Lipinski definition) is 1. The van der Waals surface area contributed by atoms with E-state index in [0.717, 1.165) is 11.3 Å². The number of ketones is 1. The van der Waals surface area contributed by atoms with Crippen molar-refractivity contribution in [1.82, 2.24) is 9.55 Å². The van der Waals surface area contributed by atoms with E-state index in [2.05, 4.69) is 4.98 Å². The van der Waals surface area contributed by atoms with Gasteiger partial charge in [-0.2, -0.15) is 0 Å². The second kappa shape index (κ2) is 8.52. The maximum absolute atomic E-state index is 12.8. The summed E-state index contributed by atoms with van der Waals surface area (Å²) in [5, 5.41) is 9.25. The fraction of sp³-hybridized carbons (Fsp3) is 0.227. The van der Waals surface area contributed by atoms with Crippen LogP contribution in [0.3, 0.4) is 0 Å². The molecule has 0 radical (unpaired) electrons. The van der Waals surface area contributed by atoms with Crippen LogP contribution in [0, 0.1) is 6.92 Å². The highest BCUT2D eigenvalue weighted by molar-refractivity contribution is 6.09. The molecule has 0 spiro atoms. The first-order valence-electron chi connectivity index (χ1n) is 9.12. The van der Waals surface area contributed by atoms with E-state index in [-0.39, 0.29) is 5.78 Å². The smallest absolute Gasteiger partial charge is 0.344 e. The highest BCUT2D eigenvalue weighted by Crippen LogP contribution is 2.23. The number of carboxylic acids is 1. The van der Waals surface area contributed by atoms with Gasteiger partial charge in [0.1, 0.15) is 5.75 Å². The zero-order valence-electron chi connectivity index (χ0n) is 15.8. The summed E-state index contributed by atoms with van der Waals surface area (Å²) >= 11 is 0. The number of imidazole rings is 1. The summed E-state index contributed by atoms with van der Waals surface area (Å²) in [6.45, 7) is 3.71. The Hall–Kier alpha value is -3.41. The van der Waals surface area contributed by atoms with Crippen molar-refractivity contribution < 1.29 is 19.4 Å². The number of carboxylic acid groups (broad SMARTS) is 1. The van der Waals surface area contributed by atoms with Crippen molar-refractivity contribution >= 4 is 11.8 Å².